The number of hydrogen-bond acceptors (Lipinski definition) is 4. The topological polar surface area (TPSA) is 64.3 Å². The zero-order valence-corrected chi connectivity index (χ0v) is 12.6. The number of rotatable bonds is 3. The van der Waals surface area contributed by atoms with Gasteiger partial charge in [0.05, 0.1) is 18.4 Å². The molecular formula is C16H23FN2O2. The number of nitrogens with two attached hydrogens (primary N) is 1. The van der Waals surface area contributed by atoms with E-state index >= 15 is 0 Å². The molecule has 0 spiro atoms. The molecule has 0 heterocycles. The van der Waals surface area contributed by atoms with Crippen LogP contribution in [0.4, 0.5) is 15.8 Å². The van der Waals surface area contributed by atoms with Crippen LogP contribution in [0.5, 0.6) is 0 Å². The third kappa shape index (κ3) is 3.65. The number of methoxy groups -OCH3 is 1. The second-order valence-corrected chi connectivity index (χ2v) is 5.78. The van der Waals surface area contributed by atoms with Crippen LogP contribution in [-0.4, -0.2) is 19.1 Å². The largest absolute Gasteiger partial charge is 0.465 e. The van der Waals surface area contributed by atoms with Gasteiger partial charge in [-0.15, -0.1) is 0 Å². The van der Waals surface area contributed by atoms with E-state index in [-0.39, 0.29) is 17.3 Å². The van der Waals surface area contributed by atoms with E-state index in [9.17, 15) is 9.18 Å². The Hall–Kier alpha value is -1.78. The fourth-order valence-corrected chi connectivity index (χ4v) is 2.89. The van der Waals surface area contributed by atoms with Gasteiger partial charge in [-0.3, -0.25) is 0 Å². The Morgan fingerprint density at radius 1 is 1.33 bits per heavy atom. The molecule has 1 aromatic carbocycles. The molecule has 1 saturated carbocycles. The van der Waals surface area contributed by atoms with E-state index in [4.69, 9.17) is 5.73 Å². The summed E-state index contributed by atoms with van der Waals surface area (Å²) in [4.78, 5) is 11.7. The van der Waals surface area contributed by atoms with Gasteiger partial charge in [-0.1, -0.05) is 26.2 Å². The van der Waals surface area contributed by atoms with E-state index in [1.807, 2.05) is 0 Å². The standard InChI is InChI=1S/C16H23FN2O2/c1-10-6-4-3-5-7-14(10)19-15-8-11(16(20)21-2)13(18)9-12(15)17/h8-10,14,19H,3-7,18H2,1-2H3. The van der Waals surface area contributed by atoms with Crippen LogP contribution in [0.2, 0.25) is 0 Å². The number of carbonyl (C=O) groups excluding carboxylic acids is 1. The first kappa shape index (κ1) is 15.6. The lowest BCUT2D eigenvalue weighted by atomic mass is 9.96. The first-order valence-corrected chi connectivity index (χ1v) is 7.46. The van der Waals surface area contributed by atoms with Crippen molar-refractivity contribution in [1.29, 1.82) is 0 Å². The highest BCUT2D eigenvalue weighted by Crippen LogP contribution is 2.29. The predicted molar refractivity (Wildman–Crippen MR) is 81.8 cm³/mol. The Morgan fingerprint density at radius 2 is 2.05 bits per heavy atom. The van der Waals surface area contributed by atoms with Crippen molar-refractivity contribution in [2.45, 2.75) is 45.1 Å². The molecule has 116 valence electrons. The number of anilines is 2. The van der Waals surface area contributed by atoms with Crippen LogP contribution >= 0.6 is 0 Å². The molecule has 3 N–H and O–H groups in total. The zero-order chi connectivity index (χ0) is 15.4. The monoisotopic (exact) mass is 294 g/mol. The molecule has 21 heavy (non-hydrogen) atoms. The summed E-state index contributed by atoms with van der Waals surface area (Å²) in [5, 5.41) is 3.25. The first-order valence-electron chi connectivity index (χ1n) is 7.46. The highest BCUT2D eigenvalue weighted by Gasteiger charge is 2.22. The molecular weight excluding hydrogens is 271 g/mol. The fraction of sp³-hybridized carbons (Fsp3) is 0.562. The lowest BCUT2D eigenvalue weighted by molar-refractivity contribution is 0.0602. The Morgan fingerprint density at radius 3 is 2.76 bits per heavy atom. The van der Waals surface area contributed by atoms with Crippen molar-refractivity contribution in [2.24, 2.45) is 5.92 Å². The maximum Gasteiger partial charge on any atom is 0.340 e. The maximum absolute atomic E-state index is 14.1. The number of carbonyl (C=O) groups is 1. The third-order valence-electron chi connectivity index (χ3n) is 4.25. The Bertz CT molecular complexity index is 519. The Balaban J connectivity index is 2.24. The van der Waals surface area contributed by atoms with Gasteiger partial charge in [0.25, 0.3) is 0 Å². The highest BCUT2D eigenvalue weighted by atomic mass is 19.1. The molecule has 0 aromatic heterocycles. The smallest absolute Gasteiger partial charge is 0.340 e. The second-order valence-electron chi connectivity index (χ2n) is 5.78. The van der Waals surface area contributed by atoms with Crippen LogP contribution in [0.3, 0.4) is 0 Å². The summed E-state index contributed by atoms with van der Waals surface area (Å²) >= 11 is 0. The summed E-state index contributed by atoms with van der Waals surface area (Å²) in [6, 6.07) is 2.85. The van der Waals surface area contributed by atoms with Crippen LogP contribution < -0.4 is 11.1 Å². The van der Waals surface area contributed by atoms with Crippen molar-refractivity contribution in [3.05, 3.63) is 23.5 Å². The number of hydrogen-bond donors (Lipinski definition) is 2. The SMILES string of the molecule is COC(=O)c1cc(NC2CCCCCC2C)c(F)cc1N. The van der Waals surface area contributed by atoms with Crippen molar-refractivity contribution in [3.63, 3.8) is 0 Å². The van der Waals surface area contributed by atoms with Gasteiger partial charge in [-0.2, -0.15) is 0 Å². The van der Waals surface area contributed by atoms with Crippen molar-refractivity contribution < 1.29 is 13.9 Å². The average Bonchev–Trinajstić information content (AvgIpc) is 2.66. The quantitative estimate of drug-likeness (QED) is 0.508. The van der Waals surface area contributed by atoms with E-state index in [1.165, 1.54) is 32.1 Å². The second kappa shape index (κ2) is 6.78. The minimum absolute atomic E-state index is 0.0961. The summed E-state index contributed by atoms with van der Waals surface area (Å²) in [6.45, 7) is 2.18. The molecule has 4 nitrogen and oxygen atoms in total. The molecule has 0 saturated heterocycles. The molecule has 0 aliphatic heterocycles. The predicted octanol–water partition coefficient (Wildman–Crippen LogP) is 3.58. The average molecular weight is 294 g/mol. The van der Waals surface area contributed by atoms with Crippen LogP contribution in [-0.2, 0) is 4.74 Å². The van der Waals surface area contributed by atoms with Gasteiger partial charge in [-0.05, 0) is 30.9 Å². The van der Waals surface area contributed by atoms with Gasteiger partial charge in [0.1, 0.15) is 5.82 Å². The molecule has 0 amide bonds. The number of nitrogen functional groups attached to an aromatic ring is 1. The minimum atomic E-state index is -0.551. The molecule has 1 fully saturated rings. The van der Waals surface area contributed by atoms with E-state index in [0.717, 1.165) is 19.3 Å². The summed E-state index contributed by atoms with van der Waals surface area (Å²) in [7, 11) is 1.28. The van der Waals surface area contributed by atoms with Gasteiger partial charge in [0.15, 0.2) is 0 Å². The lowest BCUT2D eigenvalue weighted by Crippen LogP contribution is -2.27. The highest BCUT2D eigenvalue weighted by molar-refractivity contribution is 5.96. The lowest BCUT2D eigenvalue weighted by Gasteiger charge is -2.24. The van der Waals surface area contributed by atoms with Gasteiger partial charge >= 0.3 is 5.97 Å². The number of benzene rings is 1. The third-order valence-corrected chi connectivity index (χ3v) is 4.25. The first-order chi connectivity index (χ1) is 10.0. The van der Waals surface area contributed by atoms with E-state index in [1.54, 1.807) is 0 Å². The van der Waals surface area contributed by atoms with Gasteiger partial charge in [-0.25, -0.2) is 9.18 Å². The number of halogens is 1. The van der Waals surface area contributed by atoms with Crippen LogP contribution in [0, 0.1) is 11.7 Å². The summed E-state index contributed by atoms with van der Waals surface area (Å²) in [6.07, 6.45) is 5.73. The van der Waals surface area contributed by atoms with Crippen LogP contribution in [0.1, 0.15) is 49.4 Å². The van der Waals surface area contributed by atoms with Gasteiger partial charge in [0.2, 0.25) is 0 Å². The van der Waals surface area contributed by atoms with E-state index < -0.39 is 11.8 Å². The van der Waals surface area contributed by atoms with Crippen molar-refractivity contribution in [2.75, 3.05) is 18.2 Å². The number of nitrogens with one attached hydrogen (secondary N) is 1. The Labute approximate surface area is 124 Å². The van der Waals surface area contributed by atoms with E-state index in [2.05, 4.69) is 17.0 Å². The van der Waals surface area contributed by atoms with Crippen molar-refractivity contribution in [1.82, 2.24) is 0 Å². The van der Waals surface area contributed by atoms with Crippen molar-refractivity contribution >= 4 is 17.3 Å². The summed E-state index contributed by atoms with van der Waals surface area (Å²) < 4.78 is 18.8. The van der Waals surface area contributed by atoms with Gasteiger partial charge < -0.3 is 15.8 Å². The fourth-order valence-electron chi connectivity index (χ4n) is 2.89. The van der Waals surface area contributed by atoms with Crippen LogP contribution in [0.25, 0.3) is 0 Å². The maximum atomic E-state index is 14.1. The molecule has 0 bridgehead atoms. The summed E-state index contributed by atoms with van der Waals surface area (Å²) in [5.41, 5.74) is 6.30. The minimum Gasteiger partial charge on any atom is -0.465 e. The zero-order valence-electron chi connectivity index (χ0n) is 12.6. The normalized spacial score (nSPS) is 22.4. The number of ether oxygens (including phenoxy) is 1. The Kier molecular flexibility index (Phi) is 5.04. The molecule has 1 aliphatic rings. The number of esters is 1. The molecule has 5 heteroatoms. The molecule has 0 radical (unpaired) electrons. The molecule has 1 aliphatic carbocycles. The summed E-state index contributed by atoms with van der Waals surface area (Å²) in [5.74, 6) is -0.507. The molecule has 2 rings (SSSR count). The van der Waals surface area contributed by atoms with Gasteiger partial charge in [0, 0.05) is 11.7 Å². The molecule has 1 aromatic rings. The van der Waals surface area contributed by atoms with Crippen LogP contribution in [0.15, 0.2) is 12.1 Å². The molecule has 2 atom stereocenters. The van der Waals surface area contributed by atoms with Crippen molar-refractivity contribution in [3.8, 4) is 0 Å². The van der Waals surface area contributed by atoms with E-state index in [0.29, 0.717) is 11.6 Å². The molecule has 2 unspecified atom stereocenters.